The molecule has 0 saturated heterocycles. The number of aromatic nitrogens is 4. The summed E-state index contributed by atoms with van der Waals surface area (Å²) in [5.41, 5.74) is 3.99. The number of rotatable bonds is 7. The van der Waals surface area contributed by atoms with Crippen LogP contribution < -0.4 is 15.5 Å². The summed E-state index contributed by atoms with van der Waals surface area (Å²) in [5, 5.41) is 18.6. The zero-order chi connectivity index (χ0) is 28.9. The number of benzene rings is 3. The van der Waals surface area contributed by atoms with Crippen molar-refractivity contribution < 1.29 is 14.4 Å². The first-order valence-corrected chi connectivity index (χ1v) is 12.7. The Labute approximate surface area is 232 Å². The lowest BCUT2D eigenvalue weighted by atomic mass is 9.87. The number of hydrogen-bond acceptors (Lipinski definition) is 6. The molecule has 3 aromatic carbocycles. The molecular formula is C29H32N8O3. The van der Waals surface area contributed by atoms with E-state index in [4.69, 9.17) is 0 Å². The van der Waals surface area contributed by atoms with E-state index in [1.54, 1.807) is 67.5 Å². The normalized spacial score (nSPS) is 11.0. The van der Waals surface area contributed by atoms with Crippen molar-refractivity contribution in [2.24, 2.45) is 0 Å². The maximum Gasteiger partial charge on any atom is 0.326 e. The second-order valence-electron chi connectivity index (χ2n) is 10.5. The van der Waals surface area contributed by atoms with Crippen LogP contribution >= 0.6 is 0 Å². The predicted octanol–water partition coefficient (Wildman–Crippen LogP) is 4.69. The van der Waals surface area contributed by atoms with E-state index in [1.807, 2.05) is 24.3 Å². The standard InChI is InChI=1S/C29H32N8O3/c1-29(2,3)22-13-15-24(16-14-22)37(28(40)30-23-8-6-7-21(17-23)26(39)36(4)5)18-19-9-11-20(12-10-19)25(38)31-27-32-34-35-33-27/h6-17H,18H2,1-5H3,(H,30,40)(H2,31,32,33,34,35,38). The Morgan fingerprint density at radius 2 is 1.57 bits per heavy atom. The fourth-order valence-electron chi connectivity index (χ4n) is 3.93. The Bertz CT molecular complexity index is 1480. The van der Waals surface area contributed by atoms with E-state index < -0.39 is 0 Å². The third-order valence-electron chi connectivity index (χ3n) is 6.18. The SMILES string of the molecule is CN(C)C(=O)c1cccc(NC(=O)N(Cc2ccc(C(=O)Nc3nn[nH]n3)cc2)c2ccc(C(C)(C)C)cc2)c1. The van der Waals surface area contributed by atoms with Crippen molar-refractivity contribution in [1.29, 1.82) is 0 Å². The van der Waals surface area contributed by atoms with E-state index in [0.29, 0.717) is 22.5 Å². The molecule has 4 amide bonds. The van der Waals surface area contributed by atoms with Crippen LogP contribution in [0.25, 0.3) is 0 Å². The van der Waals surface area contributed by atoms with Gasteiger partial charge in [0.05, 0.1) is 6.54 Å². The number of amides is 4. The molecule has 0 aliphatic carbocycles. The minimum Gasteiger partial charge on any atom is -0.345 e. The summed E-state index contributed by atoms with van der Waals surface area (Å²) in [6, 6.07) is 21.2. The van der Waals surface area contributed by atoms with Crippen LogP contribution in [0.4, 0.5) is 22.1 Å². The van der Waals surface area contributed by atoms with Gasteiger partial charge in [-0.3, -0.25) is 19.8 Å². The molecule has 1 heterocycles. The van der Waals surface area contributed by atoms with E-state index in [2.05, 4.69) is 52.0 Å². The Balaban J connectivity index is 1.57. The number of carbonyl (C=O) groups excluding carboxylic acids is 3. The highest BCUT2D eigenvalue weighted by Crippen LogP contribution is 2.26. The molecule has 0 atom stereocenters. The van der Waals surface area contributed by atoms with E-state index in [0.717, 1.165) is 11.1 Å². The van der Waals surface area contributed by atoms with Crippen molar-refractivity contribution in [2.45, 2.75) is 32.7 Å². The average Bonchev–Trinajstić information content (AvgIpc) is 3.44. The van der Waals surface area contributed by atoms with Gasteiger partial charge in [0, 0.05) is 36.6 Å². The molecule has 206 valence electrons. The van der Waals surface area contributed by atoms with Crippen LogP contribution in [0.1, 0.15) is 52.6 Å². The number of urea groups is 1. The Hall–Kier alpha value is -5.06. The van der Waals surface area contributed by atoms with Gasteiger partial charge >= 0.3 is 6.03 Å². The summed E-state index contributed by atoms with van der Waals surface area (Å²) in [6.45, 7) is 6.63. The van der Waals surface area contributed by atoms with Gasteiger partial charge in [0.25, 0.3) is 17.8 Å². The Kier molecular flexibility index (Phi) is 8.23. The molecule has 11 heteroatoms. The summed E-state index contributed by atoms with van der Waals surface area (Å²) in [5.74, 6) is -0.464. The summed E-state index contributed by atoms with van der Waals surface area (Å²) < 4.78 is 0. The number of nitrogens with zero attached hydrogens (tertiary/aromatic N) is 5. The van der Waals surface area contributed by atoms with E-state index in [-0.39, 0.29) is 35.8 Å². The molecular weight excluding hydrogens is 508 g/mol. The maximum atomic E-state index is 13.6. The molecule has 0 radical (unpaired) electrons. The Morgan fingerprint density at radius 1 is 0.875 bits per heavy atom. The second kappa shape index (κ2) is 11.8. The first kappa shape index (κ1) is 28.0. The first-order chi connectivity index (χ1) is 19.0. The zero-order valence-corrected chi connectivity index (χ0v) is 23.1. The van der Waals surface area contributed by atoms with Gasteiger partial charge in [-0.15, -0.1) is 5.10 Å². The second-order valence-corrected chi connectivity index (χ2v) is 10.5. The molecule has 0 aliphatic rings. The molecule has 0 unspecified atom stereocenters. The van der Waals surface area contributed by atoms with Gasteiger partial charge in [0.1, 0.15) is 0 Å². The van der Waals surface area contributed by atoms with Gasteiger partial charge < -0.3 is 10.2 Å². The lowest BCUT2D eigenvalue weighted by molar-refractivity contribution is 0.0827. The highest BCUT2D eigenvalue weighted by molar-refractivity contribution is 6.04. The van der Waals surface area contributed by atoms with Crippen LogP contribution in [-0.2, 0) is 12.0 Å². The van der Waals surface area contributed by atoms with Crippen molar-refractivity contribution in [3.8, 4) is 0 Å². The van der Waals surface area contributed by atoms with E-state index in [1.165, 1.54) is 4.90 Å². The van der Waals surface area contributed by atoms with Crippen LogP contribution in [0.15, 0.2) is 72.8 Å². The number of tetrazole rings is 1. The fourth-order valence-corrected chi connectivity index (χ4v) is 3.93. The summed E-state index contributed by atoms with van der Waals surface area (Å²) in [4.78, 5) is 41.6. The maximum absolute atomic E-state index is 13.6. The molecule has 0 spiro atoms. The molecule has 4 rings (SSSR count). The molecule has 0 aliphatic heterocycles. The quantitative estimate of drug-likeness (QED) is 0.311. The predicted molar refractivity (Wildman–Crippen MR) is 153 cm³/mol. The molecule has 0 bridgehead atoms. The van der Waals surface area contributed by atoms with Crippen LogP contribution in [0.5, 0.6) is 0 Å². The minimum atomic E-state index is -0.382. The largest absolute Gasteiger partial charge is 0.345 e. The van der Waals surface area contributed by atoms with Crippen LogP contribution in [0.3, 0.4) is 0 Å². The smallest absolute Gasteiger partial charge is 0.326 e. The van der Waals surface area contributed by atoms with Crippen molar-refractivity contribution in [3.63, 3.8) is 0 Å². The molecule has 4 aromatic rings. The van der Waals surface area contributed by atoms with E-state index >= 15 is 0 Å². The van der Waals surface area contributed by atoms with Gasteiger partial charge in [-0.1, -0.05) is 56.2 Å². The summed E-state index contributed by atoms with van der Waals surface area (Å²) in [6.07, 6.45) is 0. The highest BCUT2D eigenvalue weighted by Gasteiger charge is 2.20. The molecule has 3 N–H and O–H groups in total. The van der Waals surface area contributed by atoms with Gasteiger partial charge in [0.15, 0.2) is 0 Å². The van der Waals surface area contributed by atoms with Gasteiger partial charge in [-0.2, -0.15) is 5.21 Å². The van der Waals surface area contributed by atoms with Crippen LogP contribution in [0, 0.1) is 0 Å². The topological polar surface area (TPSA) is 136 Å². The third-order valence-corrected chi connectivity index (χ3v) is 6.18. The van der Waals surface area contributed by atoms with Crippen LogP contribution in [-0.4, -0.2) is 57.5 Å². The summed E-state index contributed by atoms with van der Waals surface area (Å²) >= 11 is 0. The van der Waals surface area contributed by atoms with Crippen molar-refractivity contribution in [1.82, 2.24) is 25.5 Å². The van der Waals surface area contributed by atoms with Gasteiger partial charge in [0.2, 0.25) is 0 Å². The number of H-pyrrole nitrogens is 1. The minimum absolute atomic E-state index is 0.0388. The number of nitrogens with one attached hydrogen (secondary N) is 3. The number of hydrogen-bond donors (Lipinski definition) is 3. The number of carbonyl (C=O) groups is 3. The summed E-state index contributed by atoms with van der Waals surface area (Å²) in [7, 11) is 3.35. The van der Waals surface area contributed by atoms with E-state index in [9.17, 15) is 14.4 Å². The zero-order valence-electron chi connectivity index (χ0n) is 23.1. The monoisotopic (exact) mass is 540 g/mol. The van der Waals surface area contributed by atoms with Gasteiger partial charge in [-0.05, 0) is 64.2 Å². The lowest BCUT2D eigenvalue weighted by Crippen LogP contribution is -2.34. The number of aromatic amines is 1. The van der Waals surface area contributed by atoms with Crippen LogP contribution in [0.2, 0.25) is 0 Å². The fraction of sp³-hybridized carbons (Fsp3) is 0.241. The van der Waals surface area contributed by atoms with Crippen molar-refractivity contribution in [2.75, 3.05) is 29.6 Å². The molecule has 0 saturated carbocycles. The third kappa shape index (κ3) is 6.87. The van der Waals surface area contributed by atoms with Crippen molar-refractivity contribution in [3.05, 3.63) is 95.1 Å². The molecule has 40 heavy (non-hydrogen) atoms. The van der Waals surface area contributed by atoms with Crippen molar-refractivity contribution >= 4 is 35.2 Å². The number of anilines is 3. The molecule has 11 nitrogen and oxygen atoms in total. The lowest BCUT2D eigenvalue weighted by Gasteiger charge is -2.25. The average molecular weight is 541 g/mol. The molecule has 0 fully saturated rings. The molecule has 1 aromatic heterocycles. The Morgan fingerprint density at radius 3 is 2.17 bits per heavy atom. The van der Waals surface area contributed by atoms with Gasteiger partial charge in [-0.25, -0.2) is 4.79 Å². The first-order valence-electron chi connectivity index (χ1n) is 12.7. The highest BCUT2D eigenvalue weighted by atomic mass is 16.2.